The predicted octanol–water partition coefficient (Wildman–Crippen LogP) is 4.55. The number of unbranched alkanes of at least 4 members (excludes halogenated alkanes) is 13. The summed E-state index contributed by atoms with van der Waals surface area (Å²) in [7, 11) is 0. The van der Waals surface area contributed by atoms with Gasteiger partial charge in [0.2, 0.25) is 0 Å². The number of nitrogens with one attached hydrogen (secondary N) is 3. The molecule has 0 aliphatic carbocycles. The van der Waals surface area contributed by atoms with Crippen molar-refractivity contribution in [3.05, 3.63) is 0 Å². The van der Waals surface area contributed by atoms with Gasteiger partial charge in [-0.15, -0.1) is 0 Å². The number of hydrogen-bond donors (Lipinski definition) is 3. The van der Waals surface area contributed by atoms with Gasteiger partial charge >= 0.3 is 0 Å². The normalized spacial score (nSPS) is 17.9. The molecule has 0 amide bonds. The van der Waals surface area contributed by atoms with Crippen molar-refractivity contribution in [2.24, 2.45) is 0 Å². The van der Waals surface area contributed by atoms with Crippen molar-refractivity contribution in [3.8, 4) is 0 Å². The minimum Gasteiger partial charge on any atom is -0.314 e. The maximum atomic E-state index is 3.56. The molecule has 28 heavy (non-hydrogen) atoms. The van der Waals surface area contributed by atoms with Crippen LogP contribution in [0.3, 0.4) is 0 Å². The zero-order valence-corrected chi connectivity index (χ0v) is 19.2. The van der Waals surface area contributed by atoms with Crippen molar-refractivity contribution in [3.63, 3.8) is 0 Å². The van der Waals surface area contributed by atoms with E-state index in [1.807, 2.05) is 0 Å². The smallest absolute Gasteiger partial charge is 0.0107 e. The maximum Gasteiger partial charge on any atom is 0.0107 e. The summed E-state index contributed by atoms with van der Waals surface area (Å²) in [5.41, 5.74) is 0. The Morgan fingerprint density at radius 3 is 1.25 bits per heavy atom. The van der Waals surface area contributed by atoms with Gasteiger partial charge in [0.1, 0.15) is 0 Å². The van der Waals surface area contributed by atoms with E-state index in [9.17, 15) is 0 Å². The van der Waals surface area contributed by atoms with Gasteiger partial charge in [-0.1, -0.05) is 90.4 Å². The molecule has 0 spiro atoms. The second-order valence-electron chi connectivity index (χ2n) is 8.69. The van der Waals surface area contributed by atoms with E-state index >= 15 is 0 Å². The molecule has 0 radical (unpaired) electrons. The highest BCUT2D eigenvalue weighted by atomic mass is 15.2. The summed E-state index contributed by atoms with van der Waals surface area (Å²) in [6.45, 7) is 12.6. The van der Waals surface area contributed by atoms with Crippen molar-refractivity contribution in [1.29, 1.82) is 0 Å². The molecule has 4 nitrogen and oxygen atoms in total. The zero-order valence-electron chi connectivity index (χ0n) is 19.2. The molecule has 1 fully saturated rings. The highest BCUT2D eigenvalue weighted by Crippen LogP contribution is 2.13. The van der Waals surface area contributed by atoms with Crippen LogP contribution >= 0.6 is 0 Å². The first-order chi connectivity index (χ1) is 13.9. The zero-order chi connectivity index (χ0) is 20.0. The molecule has 3 N–H and O–H groups in total. The van der Waals surface area contributed by atoms with E-state index in [-0.39, 0.29) is 0 Å². The molecule has 0 saturated carbocycles. The van der Waals surface area contributed by atoms with Crippen molar-refractivity contribution in [2.75, 3.05) is 58.9 Å². The van der Waals surface area contributed by atoms with Crippen LogP contribution in [0.15, 0.2) is 0 Å². The minimum atomic E-state index is 1.08. The molecule has 0 unspecified atom stereocenters. The quantitative estimate of drug-likeness (QED) is 0.355. The summed E-state index contributed by atoms with van der Waals surface area (Å²) in [6.07, 6.45) is 20.2. The fourth-order valence-corrected chi connectivity index (χ4v) is 4.07. The van der Waals surface area contributed by atoms with Crippen LogP contribution in [-0.4, -0.2) is 63.8 Å². The molecule has 1 aliphatic rings. The van der Waals surface area contributed by atoms with Gasteiger partial charge in [-0.3, -0.25) is 0 Å². The molecule has 0 aromatic heterocycles. The summed E-state index contributed by atoms with van der Waals surface area (Å²) in [6, 6.07) is 0. The Hall–Kier alpha value is -0.160. The second kappa shape index (κ2) is 21.5. The Bertz CT molecular complexity index is 286. The molecule has 0 bridgehead atoms. The molecule has 0 atom stereocenters. The highest BCUT2D eigenvalue weighted by molar-refractivity contribution is 4.65. The van der Waals surface area contributed by atoms with E-state index in [0.717, 1.165) is 39.3 Å². The van der Waals surface area contributed by atoms with Crippen LogP contribution in [0, 0.1) is 0 Å². The van der Waals surface area contributed by atoms with E-state index < -0.39 is 0 Å². The summed E-state index contributed by atoms with van der Waals surface area (Å²) < 4.78 is 0. The molecule has 1 heterocycles. The standard InChI is InChI=1S/C24H52N4/c1-2-3-4-5-6-7-8-9-10-11-12-13-14-15-22-28-23-20-26-18-16-25-17-19-27-21-24-28/h25-27H,2-24H2,1H3. The SMILES string of the molecule is CCCCCCCCCCCCCCCCN1CCNCCNCCNCC1. The van der Waals surface area contributed by atoms with Crippen molar-refractivity contribution < 1.29 is 0 Å². The lowest BCUT2D eigenvalue weighted by Crippen LogP contribution is -2.42. The largest absolute Gasteiger partial charge is 0.314 e. The summed E-state index contributed by atoms with van der Waals surface area (Å²) in [5.74, 6) is 0. The highest BCUT2D eigenvalue weighted by Gasteiger charge is 2.05. The Morgan fingerprint density at radius 1 is 0.464 bits per heavy atom. The van der Waals surface area contributed by atoms with Crippen LogP contribution in [-0.2, 0) is 0 Å². The minimum absolute atomic E-state index is 1.08. The predicted molar refractivity (Wildman–Crippen MR) is 125 cm³/mol. The van der Waals surface area contributed by atoms with Crippen LogP contribution in [0.1, 0.15) is 96.8 Å². The molecular formula is C24H52N4. The Kier molecular flexibility index (Phi) is 19.9. The van der Waals surface area contributed by atoms with Crippen LogP contribution in [0.25, 0.3) is 0 Å². The molecule has 1 rings (SSSR count). The Labute approximate surface area is 177 Å². The van der Waals surface area contributed by atoms with Gasteiger partial charge in [0, 0.05) is 52.4 Å². The molecule has 0 aromatic rings. The molecule has 1 saturated heterocycles. The van der Waals surface area contributed by atoms with Crippen LogP contribution in [0.2, 0.25) is 0 Å². The van der Waals surface area contributed by atoms with Gasteiger partial charge in [0.25, 0.3) is 0 Å². The third kappa shape index (κ3) is 17.9. The molecule has 4 heteroatoms. The fourth-order valence-electron chi connectivity index (χ4n) is 4.07. The van der Waals surface area contributed by atoms with Crippen molar-refractivity contribution in [2.45, 2.75) is 96.8 Å². The Balaban J connectivity index is 1.86. The summed E-state index contributed by atoms with van der Waals surface area (Å²) in [5, 5.41) is 10.6. The molecule has 1 aliphatic heterocycles. The average Bonchev–Trinajstić information content (AvgIpc) is 2.70. The first-order valence-corrected chi connectivity index (χ1v) is 12.8. The number of hydrogen-bond acceptors (Lipinski definition) is 4. The number of nitrogens with zero attached hydrogens (tertiary/aromatic N) is 1. The van der Waals surface area contributed by atoms with Crippen molar-refractivity contribution in [1.82, 2.24) is 20.9 Å². The van der Waals surface area contributed by atoms with Gasteiger partial charge in [-0.25, -0.2) is 0 Å². The third-order valence-electron chi connectivity index (χ3n) is 5.99. The lowest BCUT2D eigenvalue weighted by molar-refractivity contribution is 0.264. The lowest BCUT2D eigenvalue weighted by atomic mass is 10.0. The summed E-state index contributed by atoms with van der Waals surface area (Å²) in [4.78, 5) is 2.65. The second-order valence-corrected chi connectivity index (χ2v) is 8.69. The van der Waals surface area contributed by atoms with Crippen LogP contribution < -0.4 is 16.0 Å². The van der Waals surface area contributed by atoms with Crippen LogP contribution in [0.5, 0.6) is 0 Å². The van der Waals surface area contributed by atoms with E-state index in [1.165, 1.54) is 110 Å². The maximum absolute atomic E-state index is 3.56. The molecule has 0 aromatic carbocycles. The topological polar surface area (TPSA) is 39.3 Å². The van der Waals surface area contributed by atoms with Gasteiger partial charge in [-0.2, -0.15) is 0 Å². The molecular weight excluding hydrogens is 344 g/mol. The third-order valence-corrected chi connectivity index (χ3v) is 5.99. The van der Waals surface area contributed by atoms with Gasteiger partial charge < -0.3 is 20.9 Å². The van der Waals surface area contributed by atoms with Crippen molar-refractivity contribution >= 4 is 0 Å². The monoisotopic (exact) mass is 396 g/mol. The lowest BCUT2D eigenvalue weighted by Gasteiger charge is -2.23. The van der Waals surface area contributed by atoms with Gasteiger partial charge in [0.15, 0.2) is 0 Å². The first kappa shape index (κ1) is 25.9. The van der Waals surface area contributed by atoms with Gasteiger partial charge in [0.05, 0.1) is 0 Å². The van der Waals surface area contributed by atoms with Gasteiger partial charge in [-0.05, 0) is 13.0 Å². The first-order valence-electron chi connectivity index (χ1n) is 12.8. The molecule has 168 valence electrons. The van der Waals surface area contributed by atoms with E-state index in [2.05, 4.69) is 27.8 Å². The average molecular weight is 397 g/mol. The Morgan fingerprint density at radius 2 is 0.821 bits per heavy atom. The number of rotatable bonds is 15. The van der Waals surface area contributed by atoms with E-state index in [1.54, 1.807) is 0 Å². The fraction of sp³-hybridized carbons (Fsp3) is 1.00. The van der Waals surface area contributed by atoms with E-state index in [4.69, 9.17) is 0 Å². The van der Waals surface area contributed by atoms with E-state index in [0.29, 0.717) is 0 Å². The summed E-state index contributed by atoms with van der Waals surface area (Å²) >= 11 is 0. The van der Waals surface area contributed by atoms with Crippen LogP contribution in [0.4, 0.5) is 0 Å².